The Kier molecular flexibility index (Phi) is 6.35. The highest BCUT2D eigenvalue weighted by atomic mass is 16.2. The highest BCUT2D eigenvalue weighted by Crippen LogP contribution is 2.18. The average molecular weight is 331 g/mol. The maximum atomic E-state index is 12.4. The summed E-state index contributed by atoms with van der Waals surface area (Å²) in [6.07, 6.45) is 3.28. The minimum atomic E-state index is -0.644. The summed E-state index contributed by atoms with van der Waals surface area (Å²) in [5, 5.41) is 2.72. The van der Waals surface area contributed by atoms with Gasteiger partial charge in [0.15, 0.2) is 0 Å². The highest BCUT2D eigenvalue weighted by Gasteiger charge is 2.34. The molecule has 0 aromatic heterocycles. The zero-order valence-corrected chi connectivity index (χ0v) is 14.0. The number of nitrogens with one attached hydrogen (secondary N) is 1. The van der Waals surface area contributed by atoms with Crippen molar-refractivity contribution in [2.75, 3.05) is 6.54 Å². The first-order valence-corrected chi connectivity index (χ1v) is 8.42. The standard InChI is InChI=1S/C18H25N3O3/c1-13(18(24)21-12-6-10-15(21)17(19)23)20-16(22)11-5-9-14-7-3-2-4-8-14/h2-4,7-8,13,15H,5-6,9-12H2,1H3,(H2,19,23)(H,20,22)/t13-,15-/m0/s1. The number of nitrogens with two attached hydrogens (primary N) is 1. The van der Waals surface area contributed by atoms with E-state index >= 15 is 0 Å². The van der Waals surface area contributed by atoms with Crippen LogP contribution in [0.1, 0.15) is 38.2 Å². The Bertz CT molecular complexity index is 588. The second kappa shape index (κ2) is 8.47. The van der Waals surface area contributed by atoms with Gasteiger partial charge in [0.25, 0.3) is 0 Å². The molecule has 1 fully saturated rings. The summed E-state index contributed by atoms with van der Waals surface area (Å²) in [6.45, 7) is 2.16. The molecule has 1 aliphatic rings. The summed E-state index contributed by atoms with van der Waals surface area (Å²) >= 11 is 0. The van der Waals surface area contributed by atoms with Crippen LogP contribution in [0.4, 0.5) is 0 Å². The van der Waals surface area contributed by atoms with Gasteiger partial charge >= 0.3 is 0 Å². The molecule has 2 atom stereocenters. The van der Waals surface area contributed by atoms with Crippen molar-refractivity contribution in [3.05, 3.63) is 35.9 Å². The molecule has 3 N–H and O–H groups in total. The molecule has 0 spiro atoms. The van der Waals surface area contributed by atoms with Crippen LogP contribution in [-0.4, -0.2) is 41.2 Å². The Labute approximate surface area is 142 Å². The van der Waals surface area contributed by atoms with Gasteiger partial charge < -0.3 is 16.0 Å². The first-order valence-electron chi connectivity index (χ1n) is 8.42. The van der Waals surface area contributed by atoms with E-state index in [1.807, 2.05) is 30.3 Å². The maximum absolute atomic E-state index is 12.4. The molecule has 1 heterocycles. The quantitative estimate of drug-likeness (QED) is 0.780. The number of primary amides is 1. The van der Waals surface area contributed by atoms with Crippen molar-refractivity contribution in [1.82, 2.24) is 10.2 Å². The van der Waals surface area contributed by atoms with E-state index in [4.69, 9.17) is 5.73 Å². The third-order valence-electron chi connectivity index (χ3n) is 4.32. The van der Waals surface area contributed by atoms with Crippen molar-refractivity contribution in [1.29, 1.82) is 0 Å². The Morgan fingerprint density at radius 1 is 1.29 bits per heavy atom. The molecule has 1 aromatic carbocycles. The van der Waals surface area contributed by atoms with Crippen LogP contribution in [0.2, 0.25) is 0 Å². The molecule has 6 nitrogen and oxygen atoms in total. The van der Waals surface area contributed by atoms with Crippen LogP contribution in [0.25, 0.3) is 0 Å². The Hall–Kier alpha value is -2.37. The molecule has 1 aromatic rings. The van der Waals surface area contributed by atoms with Gasteiger partial charge in [-0.05, 0) is 38.2 Å². The molecule has 130 valence electrons. The van der Waals surface area contributed by atoms with Crippen molar-refractivity contribution in [2.24, 2.45) is 5.73 Å². The van der Waals surface area contributed by atoms with E-state index in [1.54, 1.807) is 6.92 Å². The van der Waals surface area contributed by atoms with Crippen molar-refractivity contribution in [3.63, 3.8) is 0 Å². The fourth-order valence-corrected chi connectivity index (χ4v) is 3.05. The zero-order chi connectivity index (χ0) is 17.5. The van der Waals surface area contributed by atoms with Crippen LogP contribution in [0, 0.1) is 0 Å². The van der Waals surface area contributed by atoms with E-state index in [0.29, 0.717) is 19.4 Å². The summed E-state index contributed by atoms with van der Waals surface area (Å²) in [5.74, 6) is -0.878. The van der Waals surface area contributed by atoms with Crippen molar-refractivity contribution >= 4 is 17.7 Å². The smallest absolute Gasteiger partial charge is 0.245 e. The summed E-state index contributed by atoms with van der Waals surface area (Å²) in [7, 11) is 0. The third kappa shape index (κ3) is 4.81. The molecule has 0 unspecified atom stereocenters. The number of aryl methyl sites for hydroxylation is 1. The van der Waals surface area contributed by atoms with Gasteiger partial charge in [0.05, 0.1) is 0 Å². The number of amides is 3. The fourth-order valence-electron chi connectivity index (χ4n) is 3.05. The van der Waals surface area contributed by atoms with Crippen LogP contribution < -0.4 is 11.1 Å². The third-order valence-corrected chi connectivity index (χ3v) is 4.32. The molecule has 0 radical (unpaired) electrons. The molecular formula is C18H25N3O3. The zero-order valence-electron chi connectivity index (χ0n) is 14.0. The Balaban J connectivity index is 1.76. The van der Waals surface area contributed by atoms with Gasteiger partial charge in [-0.1, -0.05) is 30.3 Å². The number of carbonyl (C=O) groups is 3. The van der Waals surface area contributed by atoms with Crippen LogP contribution in [0.15, 0.2) is 30.3 Å². The second-order valence-electron chi connectivity index (χ2n) is 6.22. The number of nitrogens with zero attached hydrogens (tertiary/aromatic N) is 1. The summed E-state index contributed by atoms with van der Waals surface area (Å²) in [4.78, 5) is 37.3. The number of rotatable bonds is 7. The Morgan fingerprint density at radius 3 is 2.67 bits per heavy atom. The highest BCUT2D eigenvalue weighted by molar-refractivity contribution is 5.91. The van der Waals surface area contributed by atoms with Gasteiger partial charge in [-0.15, -0.1) is 0 Å². The number of likely N-dealkylation sites (tertiary alicyclic amines) is 1. The molecule has 0 aliphatic carbocycles. The second-order valence-corrected chi connectivity index (χ2v) is 6.22. The van der Waals surface area contributed by atoms with E-state index in [1.165, 1.54) is 10.5 Å². The lowest BCUT2D eigenvalue weighted by molar-refractivity contribution is -0.140. The van der Waals surface area contributed by atoms with E-state index in [2.05, 4.69) is 5.32 Å². The molecule has 3 amide bonds. The van der Waals surface area contributed by atoms with Gasteiger partial charge in [0.1, 0.15) is 12.1 Å². The fraction of sp³-hybridized carbons (Fsp3) is 0.500. The van der Waals surface area contributed by atoms with Crippen molar-refractivity contribution in [3.8, 4) is 0 Å². The normalized spacial score (nSPS) is 18.2. The summed E-state index contributed by atoms with van der Waals surface area (Å²) < 4.78 is 0. The van der Waals surface area contributed by atoms with E-state index in [-0.39, 0.29) is 11.8 Å². The van der Waals surface area contributed by atoms with E-state index in [9.17, 15) is 14.4 Å². The van der Waals surface area contributed by atoms with Gasteiger partial charge in [0.2, 0.25) is 17.7 Å². The van der Waals surface area contributed by atoms with Gasteiger partial charge in [0, 0.05) is 13.0 Å². The van der Waals surface area contributed by atoms with Crippen LogP contribution in [0.3, 0.4) is 0 Å². The lowest BCUT2D eigenvalue weighted by Crippen LogP contribution is -2.51. The predicted octanol–water partition coefficient (Wildman–Crippen LogP) is 0.990. The first-order chi connectivity index (χ1) is 11.5. The molecule has 6 heteroatoms. The van der Waals surface area contributed by atoms with E-state index in [0.717, 1.165) is 19.3 Å². The van der Waals surface area contributed by atoms with Gasteiger partial charge in [-0.25, -0.2) is 0 Å². The SMILES string of the molecule is C[C@H](NC(=O)CCCc1ccccc1)C(=O)N1CCC[C@H]1C(N)=O. The lowest BCUT2D eigenvalue weighted by Gasteiger charge is -2.25. The minimum Gasteiger partial charge on any atom is -0.368 e. The number of benzene rings is 1. The molecule has 24 heavy (non-hydrogen) atoms. The molecular weight excluding hydrogens is 306 g/mol. The van der Waals surface area contributed by atoms with Gasteiger partial charge in [-0.3, -0.25) is 14.4 Å². The van der Waals surface area contributed by atoms with Crippen LogP contribution in [-0.2, 0) is 20.8 Å². The predicted molar refractivity (Wildman–Crippen MR) is 90.9 cm³/mol. The van der Waals surface area contributed by atoms with Crippen molar-refractivity contribution < 1.29 is 14.4 Å². The average Bonchev–Trinajstić information content (AvgIpc) is 3.05. The largest absolute Gasteiger partial charge is 0.368 e. The monoisotopic (exact) mass is 331 g/mol. The molecule has 1 aliphatic heterocycles. The number of hydrogen-bond acceptors (Lipinski definition) is 3. The lowest BCUT2D eigenvalue weighted by atomic mass is 10.1. The molecule has 0 saturated carbocycles. The molecule has 2 rings (SSSR count). The minimum absolute atomic E-state index is 0.151. The summed E-state index contributed by atoms with van der Waals surface area (Å²) in [5.41, 5.74) is 6.52. The van der Waals surface area contributed by atoms with Crippen molar-refractivity contribution in [2.45, 2.75) is 51.1 Å². The number of carbonyl (C=O) groups excluding carboxylic acids is 3. The van der Waals surface area contributed by atoms with Gasteiger partial charge in [-0.2, -0.15) is 0 Å². The molecule has 0 bridgehead atoms. The summed E-state index contributed by atoms with van der Waals surface area (Å²) in [6, 6.07) is 8.77. The van der Waals surface area contributed by atoms with Crippen LogP contribution in [0.5, 0.6) is 0 Å². The maximum Gasteiger partial charge on any atom is 0.245 e. The van der Waals surface area contributed by atoms with E-state index < -0.39 is 18.0 Å². The van der Waals surface area contributed by atoms with Crippen LogP contribution >= 0.6 is 0 Å². The molecule has 1 saturated heterocycles. The topological polar surface area (TPSA) is 92.5 Å². The first kappa shape index (κ1) is 18.0. The Morgan fingerprint density at radius 2 is 2.00 bits per heavy atom. The number of hydrogen-bond donors (Lipinski definition) is 2.